The van der Waals surface area contributed by atoms with Crippen LogP contribution in [0.5, 0.6) is 0 Å². The van der Waals surface area contributed by atoms with E-state index in [-0.39, 0.29) is 41.8 Å². The number of nitrogens with zero attached hydrogens (tertiary/aromatic N) is 2. The summed E-state index contributed by atoms with van der Waals surface area (Å²) in [6.45, 7) is 6.30. The summed E-state index contributed by atoms with van der Waals surface area (Å²) in [5, 5.41) is 9.78. The van der Waals surface area contributed by atoms with E-state index in [1.54, 1.807) is 6.26 Å². The lowest BCUT2D eigenvalue weighted by molar-refractivity contribution is -0.116. The third-order valence-corrected chi connectivity index (χ3v) is 6.09. The van der Waals surface area contributed by atoms with Gasteiger partial charge in [-0.1, -0.05) is 24.6 Å². The Hall–Kier alpha value is -2.07. The summed E-state index contributed by atoms with van der Waals surface area (Å²) in [6, 6.07) is 12.2. The minimum atomic E-state index is 0. The van der Waals surface area contributed by atoms with Gasteiger partial charge in [0.05, 0.1) is 18.8 Å². The van der Waals surface area contributed by atoms with Crippen molar-refractivity contribution in [1.29, 1.82) is 0 Å². The largest absolute Gasteiger partial charge is 0.468 e. The quantitative estimate of drug-likeness (QED) is 0.274. The Kier molecular flexibility index (Phi) is 9.40. The third kappa shape index (κ3) is 6.25. The number of aliphatic imine (C=N–C) groups is 1. The summed E-state index contributed by atoms with van der Waals surface area (Å²) >= 11 is 0. The van der Waals surface area contributed by atoms with Gasteiger partial charge in [-0.25, -0.2) is 0 Å². The van der Waals surface area contributed by atoms with E-state index in [1.807, 2.05) is 30.3 Å². The van der Waals surface area contributed by atoms with E-state index in [0.29, 0.717) is 19.5 Å². The summed E-state index contributed by atoms with van der Waals surface area (Å²) in [5.74, 6) is 1.94. The van der Waals surface area contributed by atoms with Crippen molar-refractivity contribution in [3.63, 3.8) is 0 Å². The van der Waals surface area contributed by atoms with Crippen molar-refractivity contribution in [3.05, 3.63) is 54.0 Å². The van der Waals surface area contributed by atoms with E-state index in [9.17, 15) is 4.79 Å². The molecule has 7 nitrogen and oxygen atoms in total. The summed E-state index contributed by atoms with van der Waals surface area (Å²) in [5.41, 5.74) is 2.09. The number of hydrogen-bond donors (Lipinski definition) is 3. The number of carbonyl (C=O) groups excluding carboxylic acids is 1. The maximum atomic E-state index is 12.1. The highest BCUT2D eigenvalue weighted by molar-refractivity contribution is 14.0. The van der Waals surface area contributed by atoms with Gasteiger partial charge in [-0.05, 0) is 56.6 Å². The number of piperidine rings is 1. The number of benzene rings is 1. The van der Waals surface area contributed by atoms with E-state index >= 15 is 0 Å². The first-order valence-electron chi connectivity index (χ1n) is 11.4. The van der Waals surface area contributed by atoms with Crippen molar-refractivity contribution in [3.8, 4) is 0 Å². The van der Waals surface area contributed by atoms with Crippen LogP contribution in [0.1, 0.15) is 55.9 Å². The molecular weight excluding hydrogens is 517 g/mol. The molecule has 1 fully saturated rings. The smallest absolute Gasteiger partial charge is 0.225 e. The van der Waals surface area contributed by atoms with Crippen molar-refractivity contribution in [2.45, 2.75) is 44.6 Å². The molecule has 32 heavy (non-hydrogen) atoms. The summed E-state index contributed by atoms with van der Waals surface area (Å²) in [6.07, 6.45) is 5.97. The number of anilines is 1. The number of carbonyl (C=O) groups is 1. The molecule has 2 unspecified atom stereocenters. The fourth-order valence-corrected chi connectivity index (χ4v) is 4.52. The van der Waals surface area contributed by atoms with Gasteiger partial charge in [0.1, 0.15) is 5.76 Å². The van der Waals surface area contributed by atoms with Crippen molar-refractivity contribution < 1.29 is 9.21 Å². The minimum absolute atomic E-state index is 0. The van der Waals surface area contributed by atoms with Crippen LogP contribution in [-0.4, -0.2) is 49.5 Å². The van der Waals surface area contributed by atoms with Crippen LogP contribution in [0.2, 0.25) is 0 Å². The summed E-state index contributed by atoms with van der Waals surface area (Å²) in [7, 11) is 0. The number of furan rings is 1. The first-order valence-corrected chi connectivity index (χ1v) is 11.4. The number of hydrogen-bond acceptors (Lipinski definition) is 4. The van der Waals surface area contributed by atoms with Gasteiger partial charge in [-0.3, -0.25) is 14.7 Å². The van der Waals surface area contributed by atoms with Gasteiger partial charge in [0.2, 0.25) is 5.91 Å². The van der Waals surface area contributed by atoms with Crippen molar-refractivity contribution in [2.75, 3.05) is 38.0 Å². The molecule has 2 aliphatic heterocycles. The van der Waals surface area contributed by atoms with Gasteiger partial charge in [-0.15, -0.1) is 24.0 Å². The predicted octanol–water partition coefficient (Wildman–Crippen LogP) is 4.11. The zero-order valence-corrected chi connectivity index (χ0v) is 21.0. The van der Waals surface area contributed by atoms with Gasteiger partial charge >= 0.3 is 0 Å². The molecule has 4 rings (SSSR count). The Labute approximate surface area is 207 Å². The number of para-hydroxylation sites is 1. The fourth-order valence-electron chi connectivity index (χ4n) is 4.52. The maximum absolute atomic E-state index is 12.1. The molecule has 3 N–H and O–H groups in total. The second-order valence-electron chi connectivity index (χ2n) is 8.26. The number of likely N-dealkylation sites (tertiary alicyclic amines) is 1. The molecule has 174 valence electrons. The molecule has 1 aromatic heterocycles. The highest BCUT2D eigenvalue weighted by Gasteiger charge is 2.26. The van der Waals surface area contributed by atoms with Crippen molar-refractivity contribution >= 4 is 41.5 Å². The molecule has 1 aromatic carbocycles. The second kappa shape index (κ2) is 12.2. The Morgan fingerprint density at radius 3 is 2.75 bits per heavy atom. The third-order valence-electron chi connectivity index (χ3n) is 6.09. The molecule has 2 aromatic rings. The van der Waals surface area contributed by atoms with Crippen LogP contribution in [0, 0.1) is 0 Å². The number of guanidine groups is 1. The van der Waals surface area contributed by atoms with E-state index in [4.69, 9.17) is 9.41 Å². The average Bonchev–Trinajstić information content (AvgIpc) is 3.32. The van der Waals surface area contributed by atoms with Crippen LogP contribution in [0.25, 0.3) is 0 Å². The molecule has 1 saturated heterocycles. The lowest BCUT2D eigenvalue weighted by Gasteiger charge is -2.32. The molecule has 0 radical (unpaired) electrons. The Morgan fingerprint density at radius 2 is 2.00 bits per heavy atom. The number of amides is 1. The molecule has 0 spiro atoms. The Balaban J connectivity index is 0.00000289. The molecule has 8 heteroatoms. The lowest BCUT2D eigenvalue weighted by Crippen LogP contribution is -2.41. The van der Waals surface area contributed by atoms with Crippen LogP contribution in [0.15, 0.2) is 52.1 Å². The molecule has 0 aliphatic carbocycles. The predicted molar refractivity (Wildman–Crippen MR) is 139 cm³/mol. The fraction of sp³-hybridized carbons (Fsp3) is 0.500. The molecule has 1 amide bonds. The highest BCUT2D eigenvalue weighted by atomic mass is 127. The number of halogens is 1. The van der Waals surface area contributed by atoms with Gasteiger partial charge in [0.15, 0.2) is 5.96 Å². The van der Waals surface area contributed by atoms with Gasteiger partial charge in [-0.2, -0.15) is 0 Å². The summed E-state index contributed by atoms with van der Waals surface area (Å²) in [4.78, 5) is 19.5. The Morgan fingerprint density at radius 1 is 1.19 bits per heavy atom. The van der Waals surface area contributed by atoms with Crippen LogP contribution < -0.4 is 16.0 Å². The minimum Gasteiger partial charge on any atom is -0.468 e. The maximum Gasteiger partial charge on any atom is 0.225 e. The number of fused-ring (bicyclic) bond motifs is 1. The van der Waals surface area contributed by atoms with Crippen molar-refractivity contribution in [1.82, 2.24) is 15.5 Å². The monoisotopic (exact) mass is 551 g/mol. The first-order chi connectivity index (χ1) is 15.2. The van der Waals surface area contributed by atoms with Gasteiger partial charge in [0, 0.05) is 31.1 Å². The topological polar surface area (TPSA) is 81.9 Å². The molecule has 0 saturated carbocycles. The SMILES string of the molecule is CCNC(=NCC(c1ccco1)N1CCCCC1)NCC1CC(=O)Nc2ccccc21.I. The van der Waals surface area contributed by atoms with E-state index in [1.165, 1.54) is 24.8 Å². The normalized spacial score (nSPS) is 20.0. The van der Waals surface area contributed by atoms with Crippen LogP contribution in [-0.2, 0) is 4.79 Å². The number of nitrogens with one attached hydrogen (secondary N) is 3. The van der Waals surface area contributed by atoms with Crippen LogP contribution >= 0.6 is 24.0 Å². The second-order valence-corrected chi connectivity index (χ2v) is 8.26. The van der Waals surface area contributed by atoms with E-state index in [2.05, 4.69) is 33.8 Å². The average molecular weight is 551 g/mol. The molecule has 2 aliphatic rings. The van der Waals surface area contributed by atoms with Crippen LogP contribution in [0.4, 0.5) is 5.69 Å². The lowest BCUT2D eigenvalue weighted by atomic mass is 9.90. The van der Waals surface area contributed by atoms with E-state index in [0.717, 1.165) is 37.0 Å². The van der Waals surface area contributed by atoms with Crippen LogP contribution in [0.3, 0.4) is 0 Å². The standard InChI is InChI=1S/C24H33N5O2.HI/c1-2-25-24(26-16-18-15-23(30)28-20-10-5-4-9-19(18)20)27-17-21(22-11-8-14-31-22)29-12-6-3-7-13-29;/h4-5,8-11,14,18,21H,2-3,6-7,12-13,15-17H2,1H3,(H,28,30)(H2,25,26,27);1H. The van der Waals surface area contributed by atoms with Gasteiger partial charge < -0.3 is 20.4 Å². The Bertz CT molecular complexity index is 880. The summed E-state index contributed by atoms with van der Waals surface area (Å²) < 4.78 is 5.75. The molecule has 3 heterocycles. The molecule has 0 bridgehead atoms. The highest BCUT2D eigenvalue weighted by Crippen LogP contribution is 2.31. The zero-order chi connectivity index (χ0) is 21.5. The molecular formula is C24H34IN5O2. The number of rotatable bonds is 7. The van der Waals surface area contributed by atoms with E-state index < -0.39 is 0 Å². The first kappa shape index (κ1) is 24.6. The van der Waals surface area contributed by atoms with Crippen molar-refractivity contribution in [2.24, 2.45) is 4.99 Å². The zero-order valence-electron chi connectivity index (χ0n) is 18.7. The molecule has 2 atom stereocenters. The van der Waals surface area contributed by atoms with Gasteiger partial charge in [0.25, 0.3) is 0 Å².